The van der Waals surface area contributed by atoms with Crippen molar-refractivity contribution in [2.75, 3.05) is 6.54 Å². The van der Waals surface area contributed by atoms with E-state index in [2.05, 4.69) is 34.6 Å². The predicted octanol–water partition coefficient (Wildman–Crippen LogP) is 3.34. The fourth-order valence-electron chi connectivity index (χ4n) is 3.53. The standard InChI is InChI=1S/C27H41N5O5/c1-5-20(4)16-32(25(34)14-23(33)12-11-19(2)3)31-26(35)24(13-22-15-28-18-29-22)30-27(36)37-17-21-9-7-6-8-10-21/h6-10,15,18-20,23-24,33H,5,11-14,16-17H2,1-4H3,(H,28,29)(H,30,36)(H,31,35)/t20?,23-,24+/m0/s1. The molecule has 10 heteroatoms. The van der Waals surface area contributed by atoms with Crippen molar-refractivity contribution in [1.82, 2.24) is 25.7 Å². The third-order valence-corrected chi connectivity index (χ3v) is 6.03. The quantitative estimate of drug-likeness (QED) is 0.285. The lowest BCUT2D eigenvalue weighted by molar-refractivity contribution is -0.144. The molecule has 1 aromatic heterocycles. The summed E-state index contributed by atoms with van der Waals surface area (Å²) < 4.78 is 5.29. The number of imidazole rings is 1. The lowest BCUT2D eigenvalue weighted by Crippen LogP contribution is -2.56. The number of ether oxygens (including phenoxy) is 1. The van der Waals surface area contributed by atoms with Crippen LogP contribution in [0.3, 0.4) is 0 Å². The first kappa shape index (κ1) is 29.8. The Bertz CT molecular complexity index is 951. The molecule has 0 aliphatic carbocycles. The monoisotopic (exact) mass is 515 g/mol. The Hall–Kier alpha value is -3.40. The summed E-state index contributed by atoms with van der Waals surface area (Å²) >= 11 is 0. The molecule has 3 amide bonds. The maximum Gasteiger partial charge on any atom is 0.408 e. The van der Waals surface area contributed by atoms with Gasteiger partial charge in [0.2, 0.25) is 5.91 Å². The zero-order valence-electron chi connectivity index (χ0n) is 22.3. The number of nitrogens with zero attached hydrogens (tertiary/aromatic N) is 2. The maximum absolute atomic E-state index is 13.3. The second-order valence-electron chi connectivity index (χ2n) is 9.86. The van der Waals surface area contributed by atoms with E-state index in [1.807, 2.05) is 44.2 Å². The van der Waals surface area contributed by atoms with Gasteiger partial charge in [-0.05, 0) is 30.2 Å². The minimum atomic E-state index is -1.03. The average Bonchev–Trinajstić information content (AvgIpc) is 3.39. The molecule has 10 nitrogen and oxygen atoms in total. The number of aromatic nitrogens is 2. The van der Waals surface area contributed by atoms with Crippen LogP contribution in [0, 0.1) is 11.8 Å². The van der Waals surface area contributed by atoms with Gasteiger partial charge in [0, 0.05) is 24.9 Å². The number of aliphatic hydroxyl groups is 1. The summed E-state index contributed by atoms with van der Waals surface area (Å²) in [4.78, 5) is 45.7. The summed E-state index contributed by atoms with van der Waals surface area (Å²) in [7, 11) is 0. The minimum absolute atomic E-state index is 0.0535. The van der Waals surface area contributed by atoms with Crippen LogP contribution in [0.5, 0.6) is 0 Å². The maximum atomic E-state index is 13.3. The van der Waals surface area contributed by atoms with Crippen molar-refractivity contribution in [3.63, 3.8) is 0 Å². The van der Waals surface area contributed by atoms with Crippen LogP contribution in [0.1, 0.15) is 64.6 Å². The van der Waals surface area contributed by atoms with Crippen molar-refractivity contribution in [2.45, 2.75) is 78.6 Å². The molecule has 0 bridgehead atoms. The molecule has 0 saturated carbocycles. The molecule has 2 rings (SSSR count). The zero-order chi connectivity index (χ0) is 27.2. The number of benzene rings is 1. The number of H-pyrrole nitrogens is 1. The average molecular weight is 516 g/mol. The zero-order valence-corrected chi connectivity index (χ0v) is 22.3. The number of hydrogen-bond acceptors (Lipinski definition) is 6. The third kappa shape index (κ3) is 11.5. The van der Waals surface area contributed by atoms with E-state index in [0.717, 1.165) is 18.4 Å². The highest BCUT2D eigenvalue weighted by molar-refractivity contribution is 5.88. The predicted molar refractivity (Wildman–Crippen MR) is 140 cm³/mol. The van der Waals surface area contributed by atoms with Gasteiger partial charge in [-0.2, -0.15) is 0 Å². The van der Waals surface area contributed by atoms with Crippen LogP contribution in [0.4, 0.5) is 4.79 Å². The van der Waals surface area contributed by atoms with Gasteiger partial charge in [-0.15, -0.1) is 0 Å². The largest absolute Gasteiger partial charge is 0.445 e. The lowest BCUT2D eigenvalue weighted by Gasteiger charge is -2.29. The molecule has 0 fully saturated rings. The SMILES string of the molecule is CCC(C)CN(NC(=O)[C@@H](Cc1cnc[nH]1)NC(=O)OCc1ccccc1)C(=O)C[C@@H](O)CCC(C)C. The van der Waals surface area contributed by atoms with Gasteiger partial charge in [0.05, 0.1) is 18.9 Å². The molecule has 4 N–H and O–H groups in total. The highest BCUT2D eigenvalue weighted by Crippen LogP contribution is 2.12. The van der Waals surface area contributed by atoms with Crippen molar-refractivity contribution >= 4 is 17.9 Å². The number of hydrazine groups is 1. The summed E-state index contributed by atoms with van der Waals surface area (Å²) in [6, 6.07) is 8.18. The second kappa shape index (κ2) is 15.7. The molecule has 0 aliphatic heterocycles. The van der Waals surface area contributed by atoms with Gasteiger partial charge in [0.15, 0.2) is 0 Å². The summed E-state index contributed by atoms with van der Waals surface area (Å²) in [5.74, 6) is -0.417. The van der Waals surface area contributed by atoms with Crippen molar-refractivity contribution in [2.24, 2.45) is 11.8 Å². The number of carbonyl (C=O) groups is 3. The van der Waals surface area contributed by atoms with Crippen LogP contribution >= 0.6 is 0 Å². The molecule has 37 heavy (non-hydrogen) atoms. The van der Waals surface area contributed by atoms with Crippen LogP contribution < -0.4 is 10.7 Å². The normalized spacial score (nSPS) is 13.5. The van der Waals surface area contributed by atoms with Crippen LogP contribution in [0.25, 0.3) is 0 Å². The number of amides is 3. The van der Waals surface area contributed by atoms with Gasteiger partial charge in [-0.25, -0.2) is 9.78 Å². The number of hydrogen-bond donors (Lipinski definition) is 4. The van der Waals surface area contributed by atoms with Crippen molar-refractivity contribution < 1.29 is 24.2 Å². The highest BCUT2D eigenvalue weighted by Gasteiger charge is 2.27. The Morgan fingerprint density at radius 2 is 1.86 bits per heavy atom. The molecule has 0 aliphatic rings. The number of alkyl carbamates (subject to hydrolysis) is 1. The topological polar surface area (TPSA) is 137 Å². The van der Waals surface area contributed by atoms with E-state index in [9.17, 15) is 19.5 Å². The number of aliphatic hydroxyl groups excluding tert-OH is 1. The summed E-state index contributed by atoms with van der Waals surface area (Å²) in [5.41, 5.74) is 4.12. The number of carbonyl (C=O) groups excluding carboxylic acids is 3. The van der Waals surface area contributed by atoms with Crippen LogP contribution in [0.15, 0.2) is 42.9 Å². The van der Waals surface area contributed by atoms with Crippen molar-refractivity contribution in [3.05, 3.63) is 54.1 Å². The van der Waals surface area contributed by atoms with E-state index < -0.39 is 24.1 Å². The molecule has 1 unspecified atom stereocenters. The molecule has 1 heterocycles. The van der Waals surface area contributed by atoms with E-state index in [4.69, 9.17) is 4.74 Å². The van der Waals surface area contributed by atoms with Crippen LogP contribution in [0.2, 0.25) is 0 Å². The molecule has 0 radical (unpaired) electrons. The van der Waals surface area contributed by atoms with Gasteiger partial charge in [0.25, 0.3) is 5.91 Å². The van der Waals surface area contributed by atoms with Crippen molar-refractivity contribution in [1.29, 1.82) is 0 Å². The molecule has 204 valence electrons. The summed E-state index contributed by atoms with van der Waals surface area (Å²) in [6.45, 7) is 8.43. The molecule has 2 aromatic rings. The number of aromatic amines is 1. The van der Waals surface area contributed by atoms with Gasteiger partial charge in [0.1, 0.15) is 12.6 Å². The number of nitrogens with one attached hydrogen (secondary N) is 3. The molecular weight excluding hydrogens is 474 g/mol. The smallest absolute Gasteiger partial charge is 0.408 e. The fraction of sp³-hybridized carbons (Fsp3) is 0.556. The molecule has 0 spiro atoms. The summed E-state index contributed by atoms with van der Waals surface area (Å²) in [5, 5.41) is 14.2. The first-order chi connectivity index (χ1) is 17.7. The van der Waals surface area contributed by atoms with Gasteiger partial charge >= 0.3 is 6.09 Å². The van der Waals surface area contributed by atoms with E-state index in [1.54, 1.807) is 6.20 Å². The molecular formula is C27H41N5O5. The van der Waals surface area contributed by atoms with Gasteiger partial charge in [-0.1, -0.05) is 64.4 Å². The molecule has 3 atom stereocenters. The van der Waals surface area contributed by atoms with E-state index in [0.29, 0.717) is 18.0 Å². The Kier molecular flexibility index (Phi) is 12.6. The second-order valence-corrected chi connectivity index (χ2v) is 9.86. The molecule has 0 saturated heterocycles. The van der Waals surface area contributed by atoms with Crippen molar-refractivity contribution in [3.8, 4) is 0 Å². The fourth-order valence-corrected chi connectivity index (χ4v) is 3.53. The number of rotatable bonds is 14. The Morgan fingerprint density at radius 1 is 1.14 bits per heavy atom. The van der Waals surface area contributed by atoms with Crippen LogP contribution in [-0.2, 0) is 27.4 Å². The first-order valence-electron chi connectivity index (χ1n) is 12.9. The van der Waals surface area contributed by atoms with Crippen LogP contribution in [-0.4, -0.2) is 56.7 Å². The molecule has 1 aromatic carbocycles. The Labute approximate surface area is 219 Å². The van der Waals surface area contributed by atoms with E-state index >= 15 is 0 Å². The van der Waals surface area contributed by atoms with E-state index in [1.165, 1.54) is 11.3 Å². The van der Waals surface area contributed by atoms with Gasteiger partial charge in [-0.3, -0.25) is 20.0 Å². The third-order valence-electron chi connectivity index (χ3n) is 6.03. The lowest BCUT2D eigenvalue weighted by atomic mass is 10.0. The van der Waals surface area contributed by atoms with E-state index in [-0.39, 0.29) is 37.8 Å². The highest BCUT2D eigenvalue weighted by atomic mass is 16.5. The Balaban J connectivity index is 2.08. The summed E-state index contributed by atoms with van der Waals surface area (Å²) in [6.07, 6.45) is 3.62. The minimum Gasteiger partial charge on any atom is -0.445 e. The van der Waals surface area contributed by atoms with Gasteiger partial charge < -0.3 is 20.1 Å². The first-order valence-corrected chi connectivity index (χ1v) is 12.9. The Morgan fingerprint density at radius 3 is 2.49 bits per heavy atom.